The Morgan fingerprint density at radius 3 is 1.82 bits per heavy atom. The minimum absolute atomic E-state index is 0.00501. The zero-order valence-electron chi connectivity index (χ0n) is 28.5. The van der Waals surface area contributed by atoms with Gasteiger partial charge in [-0.3, -0.25) is 24.2 Å². The number of imide groups is 2. The van der Waals surface area contributed by atoms with Crippen LogP contribution in [0.3, 0.4) is 0 Å². The van der Waals surface area contributed by atoms with Crippen molar-refractivity contribution in [2.45, 2.75) is 80.4 Å². The van der Waals surface area contributed by atoms with Gasteiger partial charge in [0.1, 0.15) is 12.2 Å². The van der Waals surface area contributed by atoms with Gasteiger partial charge in [0.05, 0.1) is 12.7 Å². The molecule has 244 valence electrons. The number of carbonyl (C=O) groups is 4. The Kier molecular flexibility index (Phi) is 13.1. The number of amides is 4. The number of methoxy groups -OCH3 is 1. The SMILES string of the molecule is CCCCN1C(C)=CC(=C2C(=O)N(C)C(=O)N(C)C2=O)C=C1C.[C-]#[N+]C(C(=O)OCC(C)OC)=C1C=C(C)N(C(C)C)C(C)=C1. The van der Waals surface area contributed by atoms with Crippen LogP contribution in [0.1, 0.15) is 68.2 Å². The van der Waals surface area contributed by atoms with Gasteiger partial charge in [0, 0.05) is 56.6 Å². The molecule has 11 heteroatoms. The molecule has 0 aromatic rings. The first kappa shape index (κ1) is 36.8. The molecule has 1 fully saturated rings. The van der Waals surface area contributed by atoms with E-state index in [1.54, 1.807) is 14.0 Å². The lowest BCUT2D eigenvalue weighted by molar-refractivity contribution is -0.142. The molecule has 45 heavy (non-hydrogen) atoms. The van der Waals surface area contributed by atoms with Gasteiger partial charge in [0.15, 0.2) is 0 Å². The highest BCUT2D eigenvalue weighted by atomic mass is 16.6. The highest BCUT2D eigenvalue weighted by Crippen LogP contribution is 2.29. The van der Waals surface area contributed by atoms with E-state index < -0.39 is 23.8 Å². The fraction of sp³-hybridized carbons (Fsp3) is 0.500. The van der Waals surface area contributed by atoms with Crippen LogP contribution in [0.25, 0.3) is 4.85 Å². The lowest BCUT2D eigenvalue weighted by Crippen LogP contribution is -2.53. The van der Waals surface area contributed by atoms with Gasteiger partial charge in [-0.05, 0) is 90.3 Å². The van der Waals surface area contributed by atoms with Crippen molar-refractivity contribution in [2.24, 2.45) is 0 Å². The minimum Gasteiger partial charge on any atom is -0.468 e. The van der Waals surface area contributed by atoms with E-state index in [0.717, 1.165) is 52.0 Å². The van der Waals surface area contributed by atoms with Crippen molar-refractivity contribution in [2.75, 3.05) is 34.4 Å². The topological polar surface area (TPSA) is 104 Å². The third kappa shape index (κ3) is 8.60. The summed E-state index contributed by atoms with van der Waals surface area (Å²) < 4.78 is 10.2. The molecule has 0 spiro atoms. The molecule has 1 unspecified atom stereocenters. The van der Waals surface area contributed by atoms with E-state index in [0.29, 0.717) is 17.2 Å². The quantitative estimate of drug-likeness (QED) is 0.151. The van der Waals surface area contributed by atoms with Crippen LogP contribution >= 0.6 is 0 Å². The number of barbiturate groups is 1. The van der Waals surface area contributed by atoms with Gasteiger partial charge in [-0.15, -0.1) is 0 Å². The number of ether oxygens (including phenoxy) is 2. The van der Waals surface area contributed by atoms with Gasteiger partial charge < -0.3 is 19.3 Å². The lowest BCUT2D eigenvalue weighted by Gasteiger charge is -2.33. The summed E-state index contributed by atoms with van der Waals surface area (Å²) in [5, 5.41) is 0. The summed E-state index contributed by atoms with van der Waals surface area (Å²) in [6.07, 6.45) is 9.34. The molecule has 3 rings (SSSR count). The van der Waals surface area contributed by atoms with Gasteiger partial charge in [-0.2, -0.15) is 0 Å². The number of likely N-dealkylation sites (N-methyl/N-ethyl adjacent to an activating group) is 2. The smallest absolute Gasteiger partial charge is 0.337 e. The van der Waals surface area contributed by atoms with E-state index in [1.807, 2.05) is 52.0 Å². The molecule has 0 aliphatic carbocycles. The molecule has 0 radical (unpaired) electrons. The van der Waals surface area contributed by atoms with E-state index in [-0.39, 0.29) is 24.0 Å². The monoisotopic (exact) mass is 621 g/mol. The number of esters is 1. The number of allylic oxidation sites excluding steroid dienone is 10. The Balaban J connectivity index is 0.000000314. The standard InChI is InChI=1S/C17H23N3O3.C17H24N2O3/c1-6-7-8-20-11(2)9-13(10-12(20)3)14-15(21)18(4)17(23)19(5)16(14)22;1-11(2)19-12(3)8-15(9-13(19)4)16(18-6)17(20)22-10-14(5)21-7/h9-10H,6-8H2,1-5H3;8-9,11,14H,10H2,1-5,7H3. The van der Waals surface area contributed by atoms with Gasteiger partial charge in [-0.1, -0.05) is 13.3 Å². The molecular weight excluding hydrogens is 574 g/mol. The van der Waals surface area contributed by atoms with Crippen LogP contribution in [0.2, 0.25) is 0 Å². The summed E-state index contributed by atoms with van der Waals surface area (Å²) in [6, 6.07) is -0.286. The Morgan fingerprint density at radius 1 is 0.889 bits per heavy atom. The van der Waals surface area contributed by atoms with Crippen LogP contribution in [-0.2, 0) is 23.9 Å². The second-order valence-corrected chi connectivity index (χ2v) is 11.5. The van der Waals surface area contributed by atoms with E-state index in [1.165, 1.54) is 14.1 Å². The Bertz CT molecular complexity index is 1370. The molecule has 1 atom stereocenters. The zero-order valence-corrected chi connectivity index (χ0v) is 28.5. The van der Waals surface area contributed by atoms with Gasteiger partial charge >= 0.3 is 12.0 Å². The average molecular weight is 622 g/mol. The maximum atomic E-state index is 12.4. The molecule has 0 aromatic carbocycles. The van der Waals surface area contributed by atoms with Crippen molar-refractivity contribution in [3.05, 3.63) is 80.9 Å². The molecule has 11 nitrogen and oxygen atoms in total. The molecular formula is C34H47N5O6. The fourth-order valence-corrected chi connectivity index (χ4v) is 5.23. The predicted octanol–water partition coefficient (Wildman–Crippen LogP) is 5.53. The first-order chi connectivity index (χ1) is 21.1. The van der Waals surface area contributed by atoms with E-state index in [4.69, 9.17) is 16.0 Å². The summed E-state index contributed by atoms with van der Waals surface area (Å²) in [7, 11) is 4.32. The second kappa shape index (κ2) is 16.0. The van der Waals surface area contributed by atoms with Crippen molar-refractivity contribution >= 4 is 23.8 Å². The Labute approximate surface area is 267 Å². The van der Waals surface area contributed by atoms with Crippen molar-refractivity contribution in [3.8, 4) is 0 Å². The van der Waals surface area contributed by atoms with E-state index in [9.17, 15) is 19.2 Å². The molecule has 0 N–H and O–H groups in total. The van der Waals surface area contributed by atoms with Crippen molar-refractivity contribution in [1.29, 1.82) is 0 Å². The Morgan fingerprint density at radius 2 is 1.40 bits per heavy atom. The highest BCUT2D eigenvalue weighted by molar-refractivity contribution is 6.29. The highest BCUT2D eigenvalue weighted by Gasteiger charge is 2.39. The molecule has 3 aliphatic rings. The second-order valence-electron chi connectivity index (χ2n) is 11.5. The van der Waals surface area contributed by atoms with Crippen molar-refractivity contribution in [1.82, 2.24) is 19.6 Å². The fourth-order valence-electron chi connectivity index (χ4n) is 5.23. The third-order valence-corrected chi connectivity index (χ3v) is 7.65. The minimum atomic E-state index is -0.611. The molecule has 1 saturated heterocycles. The summed E-state index contributed by atoms with van der Waals surface area (Å²) in [6.45, 7) is 24.3. The van der Waals surface area contributed by atoms with Crippen LogP contribution in [0.15, 0.2) is 69.5 Å². The first-order valence-corrected chi connectivity index (χ1v) is 15.1. The third-order valence-electron chi connectivity index (χ3n) is 7.65. The van der Waals surface area contributed by atoms with Crippen LogP contribution < -0.4 is 0 Å². The van der Waals surface area contributed by atoms with E-state index >= 15 is 0 Å². The molecule has 3 aliphatic heterocycles. The van der Waals surface area contributed by atoms with Crippen LogP contribution in [-0.4, -0.2) is 89.9 Å². The molecule has 0 saturated carbocycles. The van der Waals surface area contributed by atoms with Crippen molar-refractivity contribution < 1.29 is 28.7 Å². The molecule has 0 aromatic heterocycles. The molecule has 4 amide bonds. The normalized spacial score (nSPS) is 17.8. The first-order valence-electron chi connectivity index (χ1n) is 15.1. The van der Waals surface area contributed by atoms with Gasteiger partial charge in [0.25, 0.3) is 17.5 Å². The lowest BCUT2D eigenvalue weighted by atomic mass is 9.98. The number of hydrogen-bond acceptors (Lipinski definition) is 8. The number of carbonyl (C=O) groups excluding carboxylic acids is 4. The average Bonchev–Trinajstić information content (AvgIpc) is 2.97. The summed E-state index contributed by atoms with van der Waals surface area (Å²) in [4.78, 5) is 58.3. The Hall–Kier alpha value is -4.43. The number of unbranched alkanes of at least 4 members (excludes halogenated alkanes) is 1. The van der Waals surface area contributed by atoms with Crippen LogP contribution in [0.4, 0.5) is 4.79 Å². The maximum Gasteiger partial charge on any atom is 0.337 e. The predicted molar refractivity (Wildman–Crippen MR) is 173 cm³/mol. The number of hydrogen-bond donors (Lipinski definition) is 0. The maximum absolute atomic E-state index is 12.4. The molecule has 0 bridgehead atoms. The van der Waals surface area contributed by atoms with Gasteiger partial charge in [-0.25, -0.2) is 9.64 Å². The van der Waals surface area contributed by atoms with E-state index in [2.05, 4.69) is 35.4 Å². The summed E-state index contributed by atoms with van der Waals surface area (Å²) in [5.41, 5.74) is 5.20. The van der Waals surface area contributed by atoms with Gasteiger partial charge in [0.2, 0.25) is 0 Å². The number of urea groups is 1. The zero-order chi connectivity index (χ0) is 34.2. The number of nitrogens with zero attached hydrogens (tertiary/aromatic N) is 5. The molecule has 3 heterocycles. The number of rotatable bonds is 8. The van der Waals surface area contributed by atoms with Crippen LogP contribution in [0.5, 0.6) is 0 Å². The largest absolute Gasteiger partial charge is 0.468 e. The van der Waals surface area contributed by atoms with Crippen LogP contribution in [0, 0.1) is 6.57 Å². The van der Waals surface area contributed by atoms with Crippen molar-refractivity contribution in [3.63, 3.8) is 0 Å². The summed E-state index contributed by atoms with van der Waals surface area (Å²) in [5.74, 6) is -1.72. The summed E-state index contributed by atoms with van der Waals surface area (Å²) >= 11 is 0.